The summed E-state index contributed by atoms with van der Waals surface area (Å²) in [5.41, 5.74) is 0. The molecule has 0 saturated heterocycles. The van der Waals surface area contributed by atoms with Crippen molar-refractivity contribution in [3.05, 3.63) is 0 Å². The second-order valence-electron chi connectivity index (χ2n) is 6.39. The fourth-order valence-corrected chi connectivity index (χ4v) is 2.38. The molecule has 2 unspecified atom stereocenters. The third kappa shape index (κ3) is 15.3. The summed E-state index contributed by atoms with van der Waals surface area (Å²) in [7, 11) is 0. The first-order valence-electron chi connectivity index (χ1n) is 9.45. The molecule has 0 fully saturated rings. The van der Waals surface area contributed by atoms with Crippen molar-refractivity contribution in [3.63, 3.8) is 0 Å². The van der Waals surface area contributed by atoms with E-state index in [0.717, 1.165) is 12.8 Å². The summed E-state index contributed by atoms with van der Waals surface area (Å²) in [6.07, 6.45) is 9.33. The van der Waals surface area contributed by atoms with Gasteiger partial charge in [0, 0.05) is 0 Å². The predicted molar refractivity (Wildman–Crippen MR) is 93.7 cm³/mol. The smallest absolute Gasteiger partial charge is 0.157 e. The van der Waals surface area contributed by atoms with Crippen LogP contribution in [0.2, 0.25) is 0 Å². The molecule has 24 heavy (non-hydrogen) atoms. The topological polar surface area (TPSA) is 99.4 Å². The van der Waals surface area contributed by atoms with Crippen LogP contribution in [0.3, 0.4) is 0 Å². The lowest BCUT2D eigenvalue weighted by Gasteiger charge is -2.21. The number of hydrogen-bond acceptors (Lipinski definition) is 6. The van der Waals surface area contributed by atoms with E-state index in [1.165, 1.54) is 44.9 Å². The average Bonchev–Trinajstić information content (AvgIpc) is 2.61. The normalized spacial score (nSPS) is 15.4. The van der Waals surface area contributed by atoms with Crippen molar-refractivity contribution in [2.24, 2.45) is 0 Å². The molecule has 6 heteroatoms. The molecule has 4 N–H and O–H groups in total. The van der Waals surface area contributed by atoms with Crippen LogP contribution in [0.5, 0.6) is 0 Å². The number of unbranched alkanes of at least 4 members (excludes halogenated alkanes) is 8. The molecule has 0 rings (SSSR count). The van der Waals surface area contributed by atoms with Gasteiger partial charge in [-0.05, 0) is 12.8 Å². The molecule has 0 heterocycles. The van der Waals surface area contributed by atoms with Crippen molar-refractivity contribution in [3.8, 4) is 0 Å². The number of rotatable bonds is 18. The molecule has 0 saturated carbocycles. The van der Waals surface area contributed by atoms with Gasteiger partial charge < -0.3 is 29.9 Å². The minimum atomic E-state index is -0.929. The molecule has 0 radical (unpaired) electrons. The van der Waals surface area contributed by atoms with E-state index in [-0.39, 0.29) is 26.4 Å². The van der Waals surface area contributed by atoms with Crippen LogP contribution in [-0.4, -0.2) is 65.4 Å². The molecule has 0 spiro atoms. The van der Waals surface area contributed by atoms with Gasteiger partial charge in [0.15, 0.2) is 6.29 Å². The Labute approximate surface area is 146 Å². The average molecular weight is 350 g/mol. The molecule has 146 valence electrons. The maximum Gasteiger partial charge on any atom is 0.157 e. The molecule has 0 aromatic heterocycles. The summed E-state index contributed by atoms with van der Waals surface area (Å²) in [4.78, 5) is 0. The second-order valence-corrected chi connectivity index (χ2v) is 6.39. The van der Waals surface area contributed by atoms with Gasteiger partial charge in [0.2, 0.25) is 0 Å². The molecular weight excluding hydrogens is 312 g/mol. The van der Waals surface area contributed by atoms with Gasteiger partial charge in [0.05, 0.1) is 26.4 Å². The van der Waals surface area contributed by atoms with Crippen molar-refractivity contribution < 1.29 is 29.9 Å². The van der Waals surface area contributed by atoms with Gasteiger partial charge in [0.1, 0.15) is 12.2 Å². The Morgan fingerprint density at radius 2 is 1.08 bits per heavy atom. The number of aliphatic hydroxyl groups excluding tert-OH is 4. The van der Waals surface area contributed by atoms with E-state index in [1.807, 2.05) is 0 Å². The summed E-state index contributed by atoms with van der Waals surface area (Å²) in [5, 5.41) is 36.3. The molecule has 2 atom stereocenters. The second kappa shape index (κ2) is 17.6. The van der Waals surface area contributed by atoms with E-state index in [4.69, 9.17) is 19.7 Å². The van der Waals surface area contributed by atoms with Crippen molar-refractivity contribution >= 4 is 0 Å². The Kier molecular flexibility index (Phi) is 17.4. The summed E-state index contributed by atoms with van der Waals surface area (Å²) in [6, 6.07) is 0. The van der Waals surface area contributed by atoms with Crippen molar-refractivity contribution in [2.45, 2.75) is 89.6 Å². The van der Waals surface area contributed by atoms with E-state index in [0.29, 0.717) is 6.42 Å². The molecular formula is C18H38O6. The van der Waals surface area contributed by atoms with Crippen molar-refractivity contribution in [2.75, 3.05) is 26.4 Å². The molecule has 0 aliphatic heterocycles. The Bertz CT molecular complexity index is 238. The van der Waals surface area contributed by atoms with Gasteiger partial charge in [0.25, 0.3) is 0 Å². The quantitative estimate of drug-likeness (QED) is 0.223. The van der Waals surface area contributed by atoms with Crippen LogP contribution in [0, 0.1) is 0 Å². The Balaban J connectivity index is 3.77. The first kappa shape index (κ1) is 23.8. The van der Waals surface area contributed by atoms with Crippen LogP contribution in [0.1, 0.15) is 71.1 Å². The van der Waals surface area contributed by atoms with Gasteiger partial charge in [-0.1, -0.05) is 58.3 Å². The van der Waals surface area contributed by atoms with Crippen LogP contribution in [0.4, 0.5) is 0 Å². The Morgan fingerprint density at radius 1 is 0.667 bits per heavy atom. The van der Waals surface area contributed by atoms with Gasteiger partial charge in [-0.15, -0.1) is 0 Å². The third-order valence-corrected chi connectivity index (χ3v) is 3.91. The van der Waals surface area contributed by atoms with Gasteiger partial charge >= 0.3 is 0 Å². The maximum atomic E-state index is 9.34. The number of aliphatic hydroxyl groups is 4. The third-order valence-electron chi connectivity index (χ3n) is 3.91. The molecule has 6 nitrogen and oxygen atoms in total. The summed E-state index contributed by atoms with van der Waals surface area (Å²) >= 11 is 0. The largest absolute Gasteiger partial charge is 0.394 e. The molecule has 0 aromatic rings. The van der Waals surface area contributed by atoms with E-state index < -0.39 is 18.5 Å². The highest BCUT2D eigenvalue weighted by atomic mass is 16.7. The maximum absolute atomic E-state index is 9.34. The molecule has 0 aromatic carbocycles. The summed E-state index contributed by atoms with van der Waals surface area (Å²) in [5.74, 6) is 0. The molecule has 0 bridgehead atoms. The Morgan fingerprint density at radius 3 is 1.50 bits per heavy atom. The summed E-state index contributed by atoms with van der Waals surface area (Å²) < 4.78 is 10.9. The first-order valence-corrected chi connectivity index (χ1v) is 9.45. The highest BCUT2D eigenvalue weighted by Crippen LogP contribution is 2.13. The lowest BCUT2D eigenvalue weighted by Crippen LogP contribution is -2.29. The van der Waals surface area contributed by atoms with Crippen LogP contribution in [0.15, 0.2) is 0 Å². The number of hydrogen-bond donors (Lipinski definition) is 4. The van der Waals surface area contributed by atoms with Crippen LogP contribution in [-0.2, 0) is 9.47 Å². The van der Waals surface area contributed by atoms with Crippen LogP contribution in [0.25, 0.3) is 0 Å². The van der Waals surface area contributed by atoms with Crippen molar-refractivity contribution in [1.29, 1.82) is 0 Å². The van der Waals surface area contributed by atoms with Gasteiger partial charge in [-0.25, -0.2) is 0 Å². The van der Waals surface area contributed by atoms with Gasteiger partial charge in [-0.3, -0.25) is 0 Å². The van der Waals surface area contributed by atoms with E-state index in [2.05, 4.69) is 6.92 Å². The lowest BCUT2D eigenvalue weighted by atomic mass is 10.1. The highest BCUT2D eigenvalue weighted by molar-refractivity contribution is 4.56. The highest BCUT2D eigenvalue weighted by Gasteiger charge is 2.14. The SMILES string of the molecule is CCCCCCCCCCCC(OCC(O)CO)OCC(O)CO. The first-order chi connectivity index (χ1) is 11.6. The van der Waals surface area contributed by atoms with E-state index in [9.17, 15) is 10.2 Å². The van der Waals surface area contributed by atoms with Crippen LogP contribution < -0.4 is 0 Å². The van der Waals surface area contributed by atoms with Crippen LogP contribution >= 0.6 is 0 Å². The lowest BCUT2D eigenvalue weighted by molar-refractivity contribution is -0.178. The summed E-state index contributed by atoms with van der Waals surface area (Å²) in [6.45, 7) is 1.50. The van der Waals surface area contributed by atoms with Crippen molar-refractivity contribution in [1.82, 2.24) is 0 Å². The van der Waals surface area contributed by atoms with E-state index in [1.54, 1.807) is 0 Å². The predicted octanol–water partition coefficient (Wildman–Crippen LogP) is 1.97. The Hall–Kier alpha value is -0.240. The number of ether oxygens (including phenoxy) is 2. The zero-order valence-electron chi connectivity index (χ0n) is 15.2. The fraction of sp³-hybridized carbons (Fsp3) is 1.00. The zero-order chi connectivity index (χ0) is 18.0. The van der Waals surface area contributed by atoms with E-state index >= 15 is 0 Å². The zero-order valence-corrected chi connectivity index (χ0v) is 15.2. The molecule has 0 aliphatic carbocycles. The minimum Gasteiger partial charge on any atom is -0.394 e. The monoisotopic (exact) mass is 350 g/mol. The standard InChI is InChI=1S/C18H38O6/c1-2-3-4-5-6-7-8-9-10-11-18(23-14-16(21)12-19)24-15-17(22)13-20/h16-22H,2-15H2,1H3. The minimum absolute atomic E-state index is 0.00614. The molecule has 0 aliphatic rings. The molecule has 0 amide bonds. The fourth-order valence-electron chi connectivity index (χ4n) is 2.38. The van der Waals surface area contributed by atoms with Gasteiger partial charge in [-0.2, -0.15) is 0 Å².